The number of benzene rings is 2. The van der Waals surface area contributed by atoms with E-state index in [4.69, 9.17) is 9.47 Å². The second-order valence-corrected chi connectivity index (χ2v) is 7.69. The van der Waals surface area contributed by atoms with Gasteiger partial charge in [-0.3, -0.25) is 14.9 Å². The molecule has 0 spiro atoms. The lowest BCUT2D eigenvalue weighted by Crippen LogP contribution is -2.39. The van der Waals surface area contributed by atoms with E-state index in [1.165, 1.54) is 32.2 Å². The fraction of sp³-hybridized carbons (Fsp3) is 0.278. The molecule has 156 valence electrons. The molecular weight excluding hydrogens is 404 g/mol. The Kier molecular flexibility index (Phi) is 7.26. The summed E-state index contributed by atoms with van der Waals surface area (Å²) in [4.78, 5) is 20.9. The number of para-hydroxylation sites is 1. The first-order chi connectivity index (χ1) is 13.7. The molecule has 0 unspecified atom stereocenters. The highest BCUT2D eigenvalue weighted by atomic mass is 32.2. The second kappa shape index (κ2) is 9.45. The van der Waals surface area contributed by atoms with E-state index in [-0.39, 0.29) is 17.9 Å². The largest absolute Gasteiger partial charge is 0.493 e. The van der Waals surface area contributed by atoms with Crippen molar-refractivity contribution in [2.75, 3.05) is 13.7 Å². The predicted molar refractivity (Wildman–Crippen MR) is 102 cm³/mol. The van der Waals surface area contributed by atoms with E-state index in [0.717, 1.165) is 12.1 Å². The Morgan fingerprint density at radius 2 is 1.93 bits per heavy atom. The summed E-state index contributed by atoms with van der Waals surface area (Å²) in [6.07, 6.45) is 0.0626. The van der Waals surface area contributed by atoms with Crippen LogP contribution in [0.25, 0.3) is 0 Å². The number of aliphatic hydroxyl groups is 1. The number of carbonyl (C=O) groups excluding carboxylic acids is 1. The second-order valence-electron chi connectivity index (χ2n) is 6.01. The highest BCUT2D eigenvalue weighted by Gasteiger charge is 2.27. The third kappa shape index (κ3) is 5.73. The third-order valence-corrected chi connectivity index (χ3v) is 5.43. The molecule has 0 fully saturated rings. The van der Waals surface area contributed by atoms with Gasteiger partial charge in [-0.2, -0.15) is 0 Å². The van der Waals surface area contributed by atoms with Crippen LogP contribution in [0.3, 0.4) is 0 Å². The highest BCUT2D eigenvalue weighted by Crippen LogP contribution is 2.29. The molecule has 2 N–H and O–H groups in total. The van der Waals surface area contributed by atoms with Gasteiger partial charge in [0.05, 0.1) is 18.6 Å². The Balaban J connectivity index is 2.25. The third-order valence-electron chi connectivity index (χ3n) is 3.86. The molecule has 11 heteroatoms. The van der Waals surface area contributed by atoms with Crippen molar-refractivity contribution in [3.8, 4) is 11.5 Å². The molecule has 0 aliphatic heterocycles. The van der Waals surface area contributed by atoms with Crippen molar-refractivity contribution in [2.24, 2.45) is 0 Å². The highest BCUT2D eigenvalue weighted by molar-refractivity contribution is 7.89. The number of rotatable bonds is 9. The molecule has 0 saturated heterocycles. The average Bonchev–Trinajstić information content (AvgIpc) is 2.67. The van der Waals surface area contributed by atoms with Gasteiger partial charge in [-0.05, 0) is 30.2 Å². The molecule has 0 aromatic heterocycles. The molecule has 1 atom stereocenters. The van der Waals surface area contributed by atoms with E-state index in [0.29, 0.717) is 5.56 Å². The minimum atomic E-state index is -4.26. The summed E-state index contributed by atoms with van der Waals surface area (Å²) in [5, 5.41) is 20.7. The maximum Gasteiger partial charge on any atom is 0.308 e. The van der Waals surface area contributed by atoms with Crippen molar-refractivity contribution >= 4 is 21.7 Å². The maximum atomic E-state index is 12.6. The zero-order valence-electron chi connectivity index (χ0n) is 15.7. The first-order valence-electron chi connectivity index (χ1n) is 8.40. The van der Waals surface area contributed by atoms with E-state index < -0.39 is 44.1 Å². The van der Waals surface area contributed by atoms with Crippen LogP contribution in [-0.2, 0) is 21.2 Å². The summed E-state index contributed by atoms with van der Waals surface area (Å²) in [7, 11) is -2.88. The topological polar surface area (TPSA) is 145 Å². The van der Waals surface area contributed by atoms with Crippen molar-refractivity contribution < 1.29 is 32.7 Å². The van der Waals surface area contributed by atoms with Gasteiger partial charge in [0.15, 0.2) is 16.4 Å². The van der Waals surface area contributed by atoms with Crippen molar-refractivity contribution in [1.82, 2.24) is 4.72 Å². The standard InChI is InChI=1S/C18H20N2O8S/c1-12(22)28-16-8-7-13(10-17(16)27-2)9-14(11-21)19-29(25,26)18-6-4-3-5-15(18)20(23)24/h3-8,10,14,19,21H,9,11H2,1-2H3/t14-/m1/s1. The number of nitrogens with zero attached hydrogens (tertiary/aromatic N) is 1. The molecule has 29 heavy (non-hydrogen) atoms. The monoisotopic (exact) mass is 424 g/mol. The molecule has 0 aliphatic rings. The van der Waals surface area contributed by atoms with E-state index >= 15 is 0 Å². The van der Waals surface area contributed by atoms with Gasteiger partial charge in [-0.1, -0.05) is 18.2 Å². The summed E-state index contributed by atoms with van der Waals surface area (Å²) >= 11 is 0. The van der Waals surface area contributed by atoms with Crippen LogP contribution in [0.1, 0.15) is 12.5 Å². The zero-order chi connectivity index (χ0) is 21.6. The van der Waals surface area contributed by atoms with Gasteiger partial charge in [0.1, 0.15) is 0 Å². The molecular formula is C18H20N2O8S. The number of hydrogen-bond donors (Lipinski definition) is 2. The molecule has 0 bridgehead atoms. The van der Waals surface area contributed by atoms with Gasteiger partial charge in [-0.15, -0.1) is 0 Å². The van der Waals surface area contributed by atoms with Crippen LogP contribution >= 0.6 is 0 Å². The minimum Gasteiger partial charge on any atom is -0.493 e. The maximum absolute atomic E-state index is 12.6. The predicted octanol–water partition coefficient (Wildman–Crippen LogP) is 1.41. The number of nitrogens with one attached hydrogen (secondary N) is 1. The molecule has 2 aromatic carbocycles. The fourth-order valence-electron chi connectivity index (χ4n) is 2.62. The number of nitro benzene ring substituents is 1. The number of aliphatic hydroxyl groups excluding tert-OH is 1. The lowest BCUT2D eigenvalue weighted by atomic mass is 10.1. The Labute approximate surface area is 167 Å². The number of carbonyl (C=O) groups is 1. The number of methoxy groups -OCH3 is 1. The van der Waals surface area contributed by atoms with Crippen molar-refractivity contribution in [1.29, 1.82) is 0 Å². The fourth-order valence-corrected chi connectivity index (χ4v) is 4.02. The number of hydrogen-bond acceptors (Lipinski definition) is 8. The molecule has 10 nitrogen and oxygen atoms in total. The summed E-state index contributed by atoms with van der Waals surface area (Å²) in [6.45, 7) is 0.695. The lowest BCUT2D eigenvalue weighted by molar-refractivity contribution is -0.387. The van der Waals surface area contributed by atoms with Crippen LogP contribution in [0.5, 0.6) is 11.5 Å². The number of esters is 1. The van der Waals surface area contributed by atoms with Crippen LogP contribution in [0, 0.1) is 10.1 Å². The van der Waals surface area contributed by atoms with Crippen LogP contribution in [0.2, 0.25) is 0 Å². The number of sulfonamides is 1. The molecule has 0 saturated carbocycles. The SMILES string of the molecule is COc1cc(C[C@H](CO)NS(=O)(=O)c2ccccc2[N+](=O)[O-])ccc1OC(C)=O. The number of nitro groups is 1. The van der Waals surface area contributed by atoms with Gasteiger partial charge in [0.2, 0.25) is 10.0 Å². The Bertz CT molecular complexity index is 1010. The molecule has 2 aromatic rings. The van der Waals surface area contributed by atoms with Crippen molar-refractivity contribution in [3.63, 3.8) is 0 Å². The smallest absolute Gasteiger partial charge is 0.308 e. The average molecular weight is 424 g/mol. The first kappa shape index (κ1) is 22.3. The Hall–Kier alpha value is -3.02. The van der Waals surface area contributed by atoms with Gasteiger partial charge < -0.3 is 14.6 Å². The summed E-state index contributed by atoms with van der Waals surface area (Å²) in [5.74, 6) is -0.0674. The summed E-state index contributed by atoms with van der Waals surface area (Å²) < 4.78 is 37.7. The molecule has 2 rings (SSSR count). The van der Waals surface area contributed by atoms with Gasteiger partial charge >= 0.3 is 5.97 Å². The summed E-state index contributed by atoms with van der Waals surface area (Å²) in [5.41, 5.74) is 0.0196. The quantitative estimate of drug-likeness (QED) is 0.266. The molecule has 0 amide bonds. The van der Waals surface area contributed by atoms with E-state index in [1.54, 1.807) is 12.1 Å². The lowest BCUT2D eigenvalue weighted by Gasteiger charge is -2.17. The summed E-state index contributed by atoms with van der Waals surface area (Å²) in [6, 6.07) is 8.59. The van der Waals surface area contributed by atoms with Crippen LogP contribution in [-0.4, -0.2) is 44.2 Å². The Morgan fingerprint density at radius 3 is 2.52 bits per heavy atom. The Morgan fingerprint density at radius 1 is 1.24 bits per heavy atom. The normalized spacial score (nSPS) is 12.2. The number of ether oxygens (including phenoxy) is 2. The first-order valence-corrected chi connectivity index (χ1v) is 9.88. The van der Waals surface area contributed by atoms with Crippen LogP contribution in [0.4, 0.5) is 5.69 Å². The van der Waals surface area contributed by atoms with E-state index in [1.807, 2.05) is 0 Å². The van der Waals surface area contributed by atoms with Gasteiger partial charge in [0, 0.05) is 19.0 Å². The van der Waals surface area contributed by atoms with Crippen molar-refractivity contribution in [2.45, 2.75) is 24.3 Å². The van der Waals surface area contributed by atoms with Crippen molar-refractivity contribution in [3.05, 3.63) is 58.1 Å². The van der Waals surface area contributed by atoms with Gasteiger partial charge in [-0.25, -0.2) is 13.1 Å². The van der Waals surface area contributed by atoms with E-state index in [9.17, 15) is 28.4 Å². The van der Waals surface area contributed by atoms with Gasteiger partial charge in [0.25, 0.3) is 5.69 Å². The molecule has 0 radical (unpaired) electrons. The zero-order valence-corrected chi connectivity index (χ0v) is 16.5. The molecule has 0 heterocycles. The molecule has 0 aliphatic carbocycles. The van der Waals surface area contributed by atoms with Crippen LogP contribution in [0.15, 0.2) is 47.4 Å². The van der Waals surface area contributed by atoms with Crippen LogP contribution < -0.4 is 14.2 Å². The minimum absolute atomic E-state index is 0.0626. The van der Waals surface area contributed by atoms with E-state index in [2.05, 4.69) is 4.72 Å².